The van der Waals surface area contributed by atoms with Crippen molar-refractivity contribution in [3.63, 3.8) is 0 Å². The van der Waals surface area contributed by atoms with Crippen molar-refractivity contribution in [3.05, 3.63) is 64.5 Å². The predicted molar refractivity (Wildman–Crippen MR) is 72.0 cm³/mol. The monoisotopic (exact) mass is 253 g/mol. The van der Waals surface area contributed by atoms with E-state index >= 15 is 0 Å². The summed E-state index contributed by atoms with van der Waals surface area (Å²) in [6, 6.07) is 14.2. The molecule has 2 rings (SSSR count). The van der Waals surface area contributed by atoms with Gasteiger partial charge in [0.2, 0.25) is 0 Å². The van der Waals surface area contributed by atoms with Gasteiger partial charge in [0.25, 0.3) is 0 Å². The average Bonchev–Trinajstić information content (AvgIpc) is 2.47. The molecule has 0 radical (unpaired) electrons. The van der Waals surface area contributed by atoms with Crippen LogP contribution in [0.15, 0.2) is 53.6 Å². The molecule has 0 N–H and O–H groups in total. The number of nitrogens with zero attached hydrogens (tertiary/aromatic N) is 3. The Hall–Kier alpha value is -2.78. The van der Waals surface area contributed by atoms with E-state index < -0.39 is 0 Å². The van der Waals surface area contributed by atoms with Crippen LogP contribution in [0.1, 0.15) is 10.4 Å². The first-order chi connectivity index (χ1) is 9.24. The lowest BCUT2D eigenvalue weighted by atomic mass is 10.0. The fraction of sp³-hybridized carbons (Fsp3) is 0.0714. The van der Waals surface area contributed by atoms with Crippen molar-refractivity contribution < 1.29 is 9.53 Å². The summed E-state index contributed by atoms with van der Waals surface area (Å²) in [6.07, 6.45) is 0. The van der Waals surface area contributed by atoms with Gasteiger partial charge in [0.15, 0.2) is 0 Å². The zero-order valence-corrected chi connectivity index (χ0v) is 10.3. The number of azide groups is 1. The minimum Gasteiger partial charge on any atom is -0.465 e. The van der Waals surface area contributed by atoms with Gasteiger partial charge in [-0.05, 0) is 34.9 Å². The summed E-state index contributed by atoms with van der Waals surface area (Å²) >= 11 is 0. The molecule has 0 atom stereocenters. The van der Waals surface area contributed by atoms with Crippen molar-refractivity contribution in [2.24, 2.45) is 5.11 Å². The number of rotatable bonds is 3. The Labute approximate surface area is 110 Å². The van der Waals surface area contributed by atoms with E-state index in [0.717, 1.165) is 11.1 Å². The molecule has 94 valence electrons. The van der Waals surface area contributed by atoms with Gasteiger partial charge in [-0.2, -0.15) is 0 Å². The second kappa shape index (κ2) is 5.71. The number of benzene rings is 2. The topological polar surface area (TPSA) is 75.1 Å². The van der Waals surface area contributed by atoms with E-state index in [1.807, 2.05) is 12.1 Å². The summed E-state index contributed by atoms with van der Waals surface area (Å²) in [4.78, 5) is 14.2. The molecule has 5 nitrogen and oxygen atoms in total. The lowest BCUT2D eigenvalue weighted by molar-refractivity contribution is 0.0601. The second-order valence-corrected chi connectivity index (χ2v) is 3.81. The van der Waals surface area contributed by atoms with Crippen LogP contribution in [0.3, 0.4) is 0 Å². The van der Waals surface area contributed by atoms with Crippen LogP contribution < -0.4 is 0 Å². The largest absolute Gasteiger partial charge is 0.465 e. The number of hydrogen-bond acceptors (Lipinski definition) is 3. The summed E-state index contributed by atoms with van der Waals surface area (Å²) in [6.45, 7) is 0. The van der Waals surface area contributed by atoms with Crippen LogP contribution in [-0.2, 0) is 4.74 Å². The van der Waals surface area contributed by atoms with E-state index in [0.29, 0.717) is 11.3 Å². The molecule has 0 saturated heterocycles. The minimum absolute atomic E-state index is 0.381. The highest BCUT2D eigenvalue weighted by molar-refractivity contribution is 5.91. The van der Waals surface area contributed by atoms with Crippen molar-refractivity contribution >= 4 is 11.7 Å². The van der Waals surface area contributed by atoms with Gasteiger partial charge in [-0.15, -0.1) is 0 Å². The van der Waals surface area contributed by atoms with Crippen molar-refractivity contribution in [2.75, 3.05) is 7.11 Å². The third-order valence-corrected chi connectivity index (χ3v) is 2.62. The quantitative estimate of drug-likeness (QED) is 0.357. The zero-order valence-electron chi connectivity index (χ0n) is 10.3. The number of hydrogen-bond donors (Lipinski definition) is 0. The first kappa shape index (κ1) is 12.7. The molecule has 0 aromatic heterocycles. The fourth-order valence-corrected chi connectivity index (χ4v) is 1.74. The van der Waals surface area contributed by atoms with Crippen molar-refractivity contribution in [2.45, 2.75) is 0 Å². The number of methoxy groups -OCH3 is 1. The second-order valence-electron chi connectivity index (χ2n) is 3.81. The first-order valence-corrected chi connectivity index (χ1v) is 5.58. The molecular formula is C14H11N3O2. The van der Waals surface area contributed by atoms with Gasteiger partial charge in [0.1, 0.15) is 0 Å². The highest BCUT2D eigenvalue weighted by Gasteiger charge is 2.06. The molecule has 0 amide bonds. The predicted octanol–water partition coefficient (Wildman–Crippen LogP) is 4.08. The highest BCUT2D eigenvalue weighted by atomic mass is 16.5. The Morgan fingerprint density at radius 3 is 2.53 bits per heavy atom. The average molecular weight is 253 g/mol. The fourth-order valence-electron chi connectivity index (χ4n) is 1.74. The van der Waals surface area contributed by atoms with Gasteiger partial charge >= 0.3 is 5.97 Å². The van der Waals surface area contributed by atoms with Gasteiger partial charge < -0.3 is 4.74 Å². The summed E-state index contributed by atoms with van der Waals surface area (Å²) < 4.78 is 4.68. The Morgan fingerprint density at radius 1 is 1.16 bits per heavy atom. The van der Waals surface area contributed by atoms with E-state index in [-0.39, 0.29) is 5.97 Å². The van der Waals surface area contributed by atoms with Crippen LogP contribution in [0.4, 0.5) is 5.69 Å². The molecule has 0 saturated carbocycles. The summed E-state index contributed by atoms with van der Waals surface area (Å²) in [5.41, 5.74) is 11.2. The van der Waals surface area contributed by atoms with Crippen molar-refractivity contribution in [1.29, 1.82) is 0 Å². The number of ether oxygens (including phenoxy) is 1. The molecule has 0 aliphatic rings. The van der Waals surface area contributed by atoms with Gasteiger partial charge in [-0.1, -0.05) is 35.4 Å². The van der Waals surface area contributed by atoms with Crippen LogP contribution in [0.2, 0.25) is 0 Å². The number of carbonyl (C=O) groups is 1. The van der Waals surface area contributed by atoms with Crippen LogP contribution in [-0.4, -0.2) is 13.1 Å². The Morgan fingerprint density at radius 2 is 1.84 bits per heavy atom. The maximum absolute atomic E-state index is 11.5. The smallest absolute Gasteiger partial charge is 0.337 e. The van der Waals surface area contributed by atoms with Crippen molar-refractivity contribution in [1.82, 2.24) is 0 Å². The van der Waals surface area contributed by atoms with E-state index in [4.69, 9.17) is 5.53 Å². The van der Waals surface area contributed by atoms with Gasteiger partial charge in [-0.3, -0.25) is 0 Å². The maximum Gasteiger partial charge on any atom is 0.337 e. The normalized spacial score (nSPS) is 9.53. The Bertz CT molecular complexity index is 661. The lowest BCUT2D eigenvalue weighted by Crippen LogP contribution is -2.00. The summed E-state index contributed by atoms with van der Waals surface area (Å²) in [5.74, 6) is -0.381. The van der Waals surface area contributed by atoms with Crippen LogP contribution in [0.5, 0.6) is 0 Å². The third-order valence-electron chi connectivity index (χ3n) is 2.62. The molecule has 2 aromatic carbocycles. The maximum atomic E-state index is 11.5. The van der Waals surface area contributed by atoms with Crippen LogP contribution >= 0.6 is 0 Å². The number of esters is 1. The molecule has 5 heteroatoms. The molecule has 19 heavy (non-hydrogen) atoms. The molecule has 2 aromatic rings. The lowest BCUT2D eigenvalue weighted by Gasteiger charge is -2.05. The molecule has 0 heterocycles. The highest BCUT2D eigenvalue weighted by Crippen LogP contribution is 2.25. The summed E-state index contributed by atoms with van der Waals surface area (Å²) in [7, 11) is 1.34. The molecule has 0 bridgehead atoms. The van der Waals surface area contributed by atoms with Gasteiger partial charge in [-0.25, -0.2) is 4.79 Å². The Balaban J connectivity index is 2.44. The molecule has 0 unspecified atom stereocenters. The molecular weight excluding hydrogens is 242 g/mol. The standard InChI is InChI=1S/C14H11N3O2/c1-19-14(18)12-6-2-4-10(8-12)11-5-3-7-13(9-11)16-17-15/h2-9H,1H3. The summed E-state index contributed by atoms with van der Waals surface area (Å²) in [5, 5.41) is 3.56. The van der Waals surface area contributed by atoms with E-state index in [9.17, 15) is 4.79 Å². The third kappa shape index (κ3) is 2.91. The van der Waals surface area contributed by atoms with Crippen LogP contribution in [0.25, 0.3) is 21.6 Å². The molecule has 0 aliphatic carbocycles. The first-order valence-electron chi connectivity index (χ1n) is 5.58. The van der Waals surface area contributed by atoms with Gasteiger partial charge in [0.05, 0.1) is 12.7 Å². The minimum atomic E-state index is -0.381. The molecule has 0 aliphatic heterocycles. The van der Waals surface area contributed by atoms with Crippen LogP contribution in [0, 0.1) is 0 Å². The molecule has 0 fully saturated rings. The Kier molecular flexibility index (Phi) is 3.81. The number of carbonyl (C=O) groups excluding carboxylic acids is 1. The van der Waals surface area contributed by atoms with Crippen molar-refractivity contribution in [3.8, 4) is 11.1 Å². The van der Waals surface area contributed by atoms with E-state index in [1.54, 1.807) is 36.4 Å². The van der Waals surface area contributed by atoms with E-state index in [2.05, 4.69) is 14.8 Å². The SMILES string of the molecule is COC(=O)c1cccc(-c2cccc(N=[N+]=[N-])c2)c1. The van der Waals surface area contributed by atoms with E-state index in [1.165, 1.54) is 7.11 Å². The zero-order chi connectivity index (χ0) is 13.7. The van der Waals surface area contributed by atoms with Gasteiger partial charge in [0, 0.05) is 10.6 Å². The molecule has 0 spiro atoms.